The van der Waals surface area contributed by atoms with E-state index in [0.717, 1.165) is 28.6 Å². The summed E-state index contributed by atoms with van der Waals surface area (Å²) in [5, 5.41) is 0. The zero-order valence-electron chi connectivity index (χ0n) is 11.0. The Morgan fingerprint density at radius 3 is 2.59 bits per heavy atom. The molecule has 2 nitrogen and oxygen atoms in total. The van der Waals surface area contributed by atoms with Crippen molar-refractivity contribution < 1.29 is 4.79 Å². The molecular weight excluding hydrogens is 278 g/mol. The second-order valence-corrected chi connectivity index (χ2v) is 5.43. The quantitative estimate of drug-likeness (QED) is 0.822. The third-order valence-corrected chi connectivity index (χ3v) is 3.39. The predicted octanol–water partition coefficient (Wildman–Crippen LogP) is 4.02. The number of aryl methyl sites for hydroxylation is 1. The van der Waals surface area contributed by atoms with Gasteiger partial charge >= 0.3 is 0 Å². The lowest BCUT2D eigenvalue weighted by atomic mass is 10.1. The van der Waals surface area contributed by atoms with Gasteiger partial charge in [0.15, 0.2) is 0 Å². The molecule has 1 aromatic carbocycles. The maximum Gasteiger partial charge on any atom is 0.255 e. The molecule has 0 radical (unpaired) electrons. The fourth-order valence-electron chi connectivity index (χ4n) is 1.79. The summed E-state index contributed by atoms with van der Waals surface area (Å²) in [5.41, 5.74) is 1.86. The molecule has 0 spiro atoms. The van der Waals surface area contributed by atoms with Crippen LogP contribution in [-0.2, 0) is 0 Å². The minimum Gasteiger partial charge on any atom is -0.336 e. The standard InChI is InChI=1S/C14H20BrNO/c1-5-8-16(10(2)3)14(17)12-9-11(4)6-7-13(12)15/h6-7,9-10H,5,8H2,1-4H3. The van der Waals surface area contributed by atoms with Crippen LogP contribution in [0.2, 0.25) is 0 Å². The maximum absolute atomic E-state index is 12.4. The molecule has 3 heteroatoms. The first-order valence-electron chi connectivity index (χ1n) is 6.04. The first-order valence-corrected chi connectivity index (χ1v) is 6.83. The summed E-state index contributed by atoms with van der Waals surface area (Å²) in [5.74, 6) is 0.109. The van der Waals surface area contributed by atoms with Gasteiger partial charge in [-0.2, -0.15) is 0 Å². The third-order valence-electron chi connectivity index (χ3n) is 2.70. The van der Waals surface area contributed by atoms with Crippen LogP contribution in [0.25, 0.3) is 0 Å². The van der Waals surface area contributed by atoms with Crippen LogP contribution in [0.4, 0.5) is 0 Å². The first-order chi connectivity index (χ1) is 7.97. The van der Waals surface area contributed by atoms with Crippen molar-refractivity contribution in [2.45, 2.75) is 40.2 Å². The van der Waals surface area contributed by atoms with Gasteiger partial charge < -0.3 is 4.90 Å². The van der Waals surface area contributed by atoms with Gasteiger partial charge in [-0.3, -0.25) is 4.79 Å². The average Bonchev–Trinajstić information content (AvgIpc) is 2.28. The highest BCUT2D eigenvalue weighted by atomic mass is 79.9. The Bertz CT molecular complexity index is 401. The number of amides is 1. The van der Waals surface area contributed by atoms with E-state index in [0.29, 0.717) is 0 Å². The van der Waals surface area contributed by atoms with Crippen LogP contribution in [0, 0.1) is 6.92 Å². The van der Waals surface area contributed by atoms with Gasteiger partial charge in [0.05, 0.1) is 5.56 Å². The largest absolute Gasteiger partial charge is 0.336 e. The molecule has 1 amide bonds. The summed E-state index contributed by atoms with van der Waals surface area (Å²) in [6.45, 7) is 9.00. The number of halogens is 1. The molecule has 0 fully saturated rings. The highest BCUT2D eigenvalue weighted by Gasteiger charge is 2.19. The third kappa shape index (κ3) is 3.56. The van der Waals surface area contributed by atoms with Crippen molar-refractivity contribution in [3.8, 4) is 0 Å². The highest BCUT2D eigenvalue weighted by Crippen LogP contribution is 2.21. The van der Waals surface area contributed by atoms with Crippen molar-refractivity contribution in [2.24, 2.45) is 0 Å². The Labute approximate surface area is 112 Å². The molecule has 0 aliphatic carbocycles. The smallest absolute Gasteiger partial charge is 0.255 e. The lowest BCUT2D eigenvalue weighted by Gasteiger charge is -2.27. The lowest BCUT2D eigenvalue weighted by Crippen LogP contribution is -2.37. The van der Waals surface area contributed by atoms with Crippen molar-refractivity contribution in [1.29, 1.82) is 0 Å². The first kappa shape index (κ1) is 14.2. The van der Waals surface area contributed by atoms with Gasteiger partial charge in [0.2, 0.25) is 0 Å². The van der Waals surface area contributed by atoms with Crippen LogP contribution in [0.5, 0.6) is 0 Å². The molecule has 0 aliphatic rings. The maximum atomic E-state index is 12.4. The fourth-order valence-corrected chi connectivity index (χ4v) is 2.21. The van der Waals surface area contributed by atoms with E-state index < -0.39 is 0 Å². The molecule has 1 aromatic rings. The van der Waals surface area contributed by atoms with E-state index in [1.54, 1.807) is 0 Å². The van der Waals surface area contributed by atoms with Crippen LogP contribution in [0.15, 0.2) is 22.7 Å². The Balaban J connectivity index is 3.04. The Kier molecular flexibility index (Phi) is 5.19. The monoisotopic (exact) mass is 297 g/mol. The van der Waals surface area contributed by atoms with Gasteiger partial charge in [0, 0.05) is 17.1 Å². The van der Waals surface area contributed by atoms with E-state index in [1.807, 2.05) is 30.0 Å². The van der Waals surface area contributed by atoms with Crippen molar-refractivity contribution in [3.63, 3.8) is 0 Å². The summed E-state index contributed by atoms with van der Waals surface area (Å²) in [4.78, 5) is 14.4. The second kappa shape index (κ2) is 6.20. The Morgan fingerprint density at radius 1 is 1.41 bits per heavy atom. The van der Waals surface area contributed by atoms with Gasteiger partial charge in [-0.15, -0.1) is 0 Å². The number of hydrogen-bond donors (Lipinski definition) is 0. The molecule has 0 N–H and O–H groups in total. The van der Waals surface area contributed by atoms with Gasteiger partial charge in [-0.05, 0) is 55.3 Å². The van der Waals surface area contributed by atoms with E-state index in [-0.39, 0.29) is 11.9 Å². The molecule has 0 heterocycles. The number of hydrogen-bond acceptors (Lipinski definition) is 1. The zero-order chi connectivity index (χ0) is 13.0. The molecule has 0 saturated carbocycles. The van der Waals surface area contributed by atoms with Crippen LogP contribution in [-0.4, -0.2) is 23.4 Å². The molecule has 94 valence electrons. The molecule has 0 atom stereocenters. The molecule has 0 saturated heterocycles. The molecule has 0 aromatic heterocycles. The molecule has 0 aliphatic heterocycles. The summed E-state index contributed by atoms with van der Waals surface area (Å²) in [7, 11) is 0. The number of rotatable bonds is 4. The average molecular weight is 298 g/mol. The van der Waals surface area contributed by atoms with E-state index in [4.69, 9.17) is 0 Å². The normalized spacial score (nSPS) is 10.7. The van der Waals surface area contributed by atoms with Crippen LogP contribution < -0.4 is 0 Å². The van der Waals surface area contributed by atoms with Crippen molar-refractivity contribution in [1.82, 2.24) is 4.90 Å². The topological polar surface area (TPSA) is 20.3 Å². The van der Waals surface area contributed by atoms with E-state index in [1.165, 1.54) is 0 Å². The number of carbonyl (C=O) groups excluding carboxylic acids is 1. The lowest BCUT2D eigenvalue weighted by molar-refractivity contribution is 0.0705. The molecule has 0 unspecified atom stereocenters. The number of benzene rings is 1. The van der Waals surface area contributed by atoms with E-state index in [2.05, 4.69) is 36.7 Å². The van der Waals surface area contributed by atoms with Gasteiger partial charge in [-0.25, -0.2) is 0 Å². The summed E-state index contributed by atoms with van der Waals surface area (Å²) in [6, 6.07) is 6.11. The number of carbonyl (C=O) groups is 1. The van der Waals surface area contributed by atoms with Gasteiger partial charge in [0.1, 0.15) is 0 Å². The Morgan fingerprint density at radius 2 is 2.06 bits per heavy atom. The van der Waals surface area contributed by atoms with Gasteiger partial charge in [-0.1, -0.05) is 18.6 Å². The van der Waals surface area contributed by atoms with Crippen LogP contribution >= 0.6 is 15.9 Å². The minimum absolute atomic E-state index is 0.109. The molecule has 17 heavy (non-hydrogen) atoms. The minimum atomic E-state index is 0.109. The number of nitrogens with zero attached hydrogens (tertiary/aromatic N) is 1. The zero-order valence-corrected chi connectivity index (χ0v) is 12.5. The fraction of sp³-hybridized carbons (Fsp3) is 0.500. The second-order valence-electron chi connectivity index (χ2n) is 4.58. The molecular formula is C14H20BrNO. The SMILES string of the molecule is CCCN(C(=O)c1cc(C)ccc1Br)C(C)C. The summed E-state index contributed by atoms with van der Waals surface area (Å²) >= 11 is 3.45. The predicted molar refractivity (Wildman–Crippen MR) is 75.3 cm³/mol. The highest BCUT2D eigenvalue weighted by molar-refractivity contribution is 9.10. The van der Waals surface area contributed by atoms with Crippen LogP contribution in [0.1, 0.15) is 43.1 Å². The van der Waals surface area contributed by atoms with Crippen molar-refractivity contribution >= 4 is 21.8 Å². The molecule has 0 bridgehead atoms. The summed E-state index contributed by atoms with van der Waals surface area (Å²) in [6.07, 6.45) is 0.980. The summed E-state index contributed by atoms with van der Waals surface area (Å²) < 4.78 is 0.870. The van der Waals surface area contributed by atoms with Crippen molar-refractivity contribution in [3.05, 3.63) is 33.8 Å². The Hall–Kier alpha value is -0.830. The van der Waals surface area contributed by atoms with E-state index >= 15 is 0 Å². The van der Waals surface area contributed by atoms with E-state index in [9.17, 15) is 4.79 Å². The molecule has 1 rings (SSSR count). The van der Waals surface area contributed by atoms with Gasteiger partial charge in [0.25, 0.3) is 5.91 Å². The van der Waals surface area contributed by atoms with Crippen LogP contribution in [0.3, 0.4) is 0 Å². The van der Waals surface area contributed by atoms with Crippen molar-refractivity contribution in [2.75, 3.05) is 6.54 Å².